The van der Waals surface area contributed by atoms with Crippen molar-refractivity contribution in [2.45, 2.75) is 6.92 Å². The summed E-state index contributed by atoms with van der Waals surface area (Å²) in [5.41, 5.74) is 1.43. The van der Waals surface area contributed by atoms with Crippen LogP contribution in [0.3, 0.4) is 0 Å². The molecular formula is C10H10BrNO2. The number of benzene rings is 1. The Balaban J connectivity index is 3.49. The zero-order chi connectivity index (χ0) is 10.7. The minimum absolute atomic E-state index is 0.551. The maximum Gasteiger partial charge on any atom is 0.176 e. The van der Waals surface area contributed by atoms with Gasteiger partial charge in [-0.25, -0.2) is 0 Å². The summed E-state index contributed by atoms with van der Waals surface area (Å²) >= 11 is 3.32. The summed E-state index contributed by atoms with van der Waals surface area (Å²) in [5.74, 6) is 1.17. The van der Waals surface area contributed by atoms with Crippen LogP contribution >= 0.6 is 15.9 Å². The first-order valence-electron chi connectivity index (χ1n) is 3.96. The van der Waals surface area contributed by atoms with Gasteiger partial charge in [-0.3, -0.25) is 0 Å². The molecule has 0 amide bonds. The Kier molecular flexibility index (Phi) is 3.37. The van der Waals surface area contributed by atoms with E-state index in [1.807, 2.05) is 6.92 Å². The monoisotopic (exact) mass is 255 g/mol. The van der Waals surface area contributed by atoms with E-state index in [0.717, 1.165) is 5.56 Å². The maximum atomic E-state index is 8.91. The van der Waals surface area contributed by atoms with E-state index in [2.05, 4.69) is 22.0 Å². The lowest BCUT2D eigenvalue weighted by Crippen LogP contribution is -1.95. The van der Waals surface area contributed by atoms with Gasteiger partial charge in [0.05, 0.1) is 24.3 Å². The first-order valence-corrected chi connectivity index (χ1v) is 4.76. The summed E-state index contributed by atoms with van der Waals surface area (Å²) < 4.78 is 10.9. The Hall–Kier alpha value is -1.21. The summed E-state index contributed by atoms with van der Waals surface area (Å²) in [6.45, 7) is 1.85. The van der Waals surface area contributed by atoms with E-state index in [-0.39, 0.29) is 0 Å². The van der Waals surface area contributed by atoms with E-state index in [4.69, 9.17) is 14.7 Å². The van der Waals surface area contributed by atoms with Crippen LogP contribution < -0.4 is 9.47 Å². The van der Waals surface area contributed by atoms with Gasteiger partial charge < -0.3 is 9.47 Å². The van der Waals surface area contributed by atoms with Crippen molar-refractivity contribution in [1.82, 2.24) is 0 Å². The number of hydrogen-bond acceptors (Lipinski definition) is 3. The van der Waals surface area contributed by atoms with Gasteiger partial charge in [0.2, 0.25) is 0 Å². The number of halogens is 1. The summed E-state index contributed by atoms with van der Waals surface area (Å²) in [6, 6.07) is 3.89. The van der Waals surface area contributed by atoms with Crippen molar-refractivity contribution in [3.05, 3.63) is 21.7 Å². The van der Waals surface area contributed by atoms with Crippen LogP contribution in [-0.4, -0.2) is 14.2 Å². The molecule has 0 fully saturated rings. The van der Waals surface area contributed by atoms with E-state index in [0.29, 0.717) is 21.5 Å². The number of rotatable bonds is 2. The summed E-state index contributed by atoms with van der Waals surface area (Å²) in [5, 5.41) is 8.91. The van der Waals surface area contributed by atoms with Crippen molar-refractivity contribution in [1.29, 1.82) is 5.26 Å². The highest BCUT2D eigenvalue weighted by Gasteiger charge is 2.15. The second-order valence-corrected chi connectivity index (χ2v) is 3.52. The second-order valence-electron chi connectivity index (χ2n) is 2.73. The topological polar surface area (TPSA) is 42.2 Å². The van der Waals surface area contributed by atoms with Gasteiger partial charge in [0.25, 0.3) is 0 Å². The fourth-order valence-corrected chi connectivity index (χ4v) is 1.97. The zero-order valence-corrected chi connectivity index (χ0v) is 9.81. The molecule has 0 unspecified atom stereocenters. The highest BCUT2D eigenvalue weighted by Crippen LogP contribution is 2.39. The largest absolute Gasteiger partial charge is 0.493 e. The first-order chi connectivity index (χ1) is 6.65. The van der Waals surface area contributed by atoms with Crippen LogP contribution in [0.25, 0.3) is 0 Å². The molecule has 1 aromatic rings. The third-order valence-electron chi connectivity index (χ3n) is 1.92. The normalized spacial score (nSPS) is 9.36. The third kappa shape index (κ3) is 1.68. The molecule has 1 rings (SSSR count). The highest BCUT2D eigenvalue weighted by molar-refractivity contribution is 9.10. The lowest BCUT2D eigenvalue weighted by Gasteiger charge is -2.11. The standard InChI is InChI=1S/C10H10BrNO2/c1-6-4-8(13-2)10(14-3)9(11)7(6)5-12/h4H,1-3H3. The minimum atomic E-state index is 0.551. The summed E-state index contributed by atoms with van der Waals surface area (Å²) in [6.07, 6.45) is 0. The molecule has 74 valence electrons. The van der Waals surface area contributed by atoms with Crippen molar-refractivity contribution < 1.29 is 9.47 Å². The minimum Gasteiger partial charge on any atom is -0.493 e. The van der Waals surface area contributed by atoms with Crippen LogP contribution in [0.15, 0.2) is 10.5 Å². The van der Waals surface area contributed by atoms with Gasteiger partial charge in [-0.1, -0.05) is 0 Å². The Labute approximate surface area is 91.4 Å². The molecule has 3 nitrogen and oxygen atoms in total. The van der Waals surface area contributed by atoms with Crippen molar-refractivity contribution >= 4 is 15.9 Å². The van der Waals surface area contributed by atoms with Gasteiger partial charge in [-0.2, -0.15) is 5.26 Å². The molecular weight excluding hydrogens is 246 g/mol. The molecule has 0 N–H and O–H groups in total. The molecule has 0 radical (unpaired) electrons. The Bertz CT molecular complexity index is 396. The Morgan fingerprint density at radius 3 is 2.43 bits per heavy atom. The molecule has 0 bridgehead atoms. The number of hydrogen-bond donors (Lipinski definition) is 0. The molecule has 0 saturated heterocycles. The maximum absolute atomic E-state index is 8.91. The highest BCUT2D eigenvalue weighted by atomic mass is 79.9. The molecule has 0 heterocycles. The molecule has 0 aliphatic carbocycles. The van der Waals surface area contributed by atoms with Gasteiger partial charge in [0, 0.05) is 0 Å². The summed E-state index contributed by atoms with van der Waals surface area (Å²) in [7, 11) is 3.11. The number of nitriles is 1. The lowest BCUT2D eigenvalue weighted by molar-refractivity contribution is 0.352. The van der Waals surface area contributed by atoms with E-state index in [9.17, 15) is 0 Å². The number of nitrogens with zero attached hydrogens (tertiary/aromatic N) is 1. The van der Waals surface area contributed by atoms with Gasteiger partial charge in [-0.05, 0) is 34.5 Å². The fourth-order valence-electron chi connectivity index (χ4n) is 1.21. The molecule has 1 aromatic carbocycles. The van der Waals surface area contributed by atoms with Crippen molar-refractivity contribution in [3.63, 3.8) is 0 Å². The number of methoxy groups -OCH3 is 2. The van der Waals surface area contributed by atoms with Crippen LogP contribution in [0, 0.1) is 18.3 Å². The third-order valence-corrected chi connectivity index (χ3v) is 2.68. The molecule has 0 aliphatic heterocycles. The number of ether oxygens (including phenoxy) is 2. The van der Waals surface area contributed by atoms with Gasteiger partial charge >= 0.3 is 0 Å². The predicted molar refractivity (Wildman–Crippen MR) is 56.7 cm³/mol. The van der Waals surface area contributed by atoms with Crippen molar-refractivity contribution in [2.75, 3.05) is 14.2 Å². The molecule has 0 atom stereocenters. The van der Waals surface area contributed by atoms with Gasteiger partial charge in [-0.15, -0.1) is 0 Å². The lowest BCUT2D eigenvalue weighted by atomic mass is 10.1. The molecule has 0 spiro atoms. The van der Waals surface area contributed by atoms with Crippen LogP contribution in [0.4, 0.5) is 0 Å². The van der Waals surface area contributed by atoms with E-state index < -0.39 is 0 Å². The molecule has 14 heavy (non-hydrogen) atoms. The van der Waals surface area contributed by atoms with Crippen LogP contribution in [-0.2, 0) is 0 Å². The van der Waals surface area contributed by atoms with E-state index in [1.54, 1.807) is 20.3 Å². The summed E-state index contributed by atoms with van der Waals surface area (Å²) in [4.78, 5) is 0. The zero-order valence-electron chi connectivity index (χ0n) is 8.22. The second kappa shape index (κ2) is 4.34. The molecule has 0 aliphatic rings. The Morgan fingerprint density at radius 2 is 2.00 bits per heavy atom. The SMILES string of the molecule is COc1cc(C)c(C#N)c(Br)c1OC. The molecule has 0 aromatic heterocycles. The van der Waals surface area contributed by atoms with Crippen LogP contribution in [0.5, 0.6) is 11.5 Å². The van der Waals surface area contributed by atoms with Crippen LogP contribution in [0.2, 0.25) is 0 Å². The Morgan fingerprint density at radius 1 is 1.36 bits per heavy atom. The predicted octanol–water partition coefficient (Wildman–Crippen LogP) is 2.65. The van der Waals surface area contributed by atoms with Crippen molar-refractivity contribution in [2.24, 2.45) is 0 Å². The quantitative estimate of drug-likeness (QED) is 0.816. The number of aryl methyl sites for hydroxylation is 1. The average Bonchev–Trinajstić information content (AvgIpc) is 2.17. The van der Waals surface area contributed by atoms with Crippen LogP contribution in [0.1, 0.15) is 11.1 Å². The van der Waals surface area contributed by atoms with Gasteiger partial charge in [0.1, 0.15) is 6.07 Å². The molecule has 4 heteroatoms. The van der Waals surface area contributed by atoms with E-state index >= 15 is 0 Å². The molecule has 0 saturated carbocycles. The smallest absolute Gasteiger partial charge is 0.176 e. The van der Waals surface area contributed by atoms with Gasteiger partial charge in [0.15, 0.2) is 11.5 Å². The fraction of sp³-hybridized carbons (Fsp3) is 0.300. The van der Waals surface area contributed by atoms with Crippen molar-refractivity contribution in [3.8, 4) is 17.6 Å². The van der Waals surface area contributed by atoms with E-state index in [1.165, 1.54) is 0 Å². The first kappa shape index (κ1) is 10.9. The average molecular weight is 256 g/mol.